The Hall–Kier alpha value is -0.770. The van der Waals surface area contributed by atoms with Crippen LogP contribution in [0.2, 0.25) is 0 Å². The largest absolute Gasteiger partial charge is 0.444 e. The molecule has 0 fully saturated rings. The Morgan fingerprint density at radius 2 is 1.91 bits per heavy atom. The molecule has 0 saturated carbocycles. The predicted molar refractivity (Wildman–Crippen MR) is 39.5 cm³/mol. The molecule has 0 aliphatic rings. The van der Waals surface area contributed by atoms with Gasteiger partial charge in [-0.1, -0.05) is 0 Å². The van der Waals surface area contributed by atoms with E-state index in [0.717, 1.165) is 0 Å². The molecule has 0 rings (SSSR count). The second kappa shape index (κ2) is 3.57. The minimum Gasteiger partial charge on any atom is -0.444 e. The van der Waals surface area contributed by atoms with Crippen molar-refractivity contribution in [2.75, 3.05) is 0 Å². The maximum Gasteiger partial charge on any atom is 0.409 e. The van der Waals surface area contributed by atoms with Crippen LogP contribution in [0.5, 0.6) is 0 Å². The molecule has 65 valence electrons. The Morgan fingerprint density at radius 3 is 2.18 bits per heavy atom. The van der Waals surface area contributed by atoms with Crippen molar-refractivity contribution in [3.63, 3.8) is 0 Å². The fourth-order valence-corrected chi connectivity index (χ4v) is 0.474. The highest BCUT2D eigenvalue weighted by molar-refractivity contribution is 5.67. The number of nitrogens with one attached hydrogen (secondary N) is 1. The molecule has 0 aliphatic heterocycles. The van der Waals surface area contributed by atoms with Crippen LogP contribution in [0.1, 0.15) is 27.7 Å². The van der Waals surface area contributed by atoms with Crippen LogP contribution in [-0.4, -0.2) is 17.9 Å². The van der Waals surface area contributed by atoms with Crippen molar-refractivity contribution >= 4 is 6.09 Å². The Bertz CT molecular complexity index is 137. The van der Waals surface area contributed by atoms with Gasteiger partial charge in [-0.2, -0.15) is 0 Å². The fraction of sp³-hybridized carbons (Fsp3) is 0.857. The molecule has 0 spiro atoms. The third kappa shape index (κ3) is 7.12. The Labute approximate surface area is 66.5 Å². The highest BCUT2D eigenvalue weighted by atomic mass is 16.6. The molecular formula is C7H14NO3. The summed E-state index contributed by atoms with van der Waals surface area (Å²) in [6, 6.07) is 0. The van der Waals surface area contributed by atoms with Crippen LogP contribution in [0.15, 0.2) is 0 Å². The van der Waals surface area contributed by atoms with Gasteiger partial charge >= 0.3 is 6.09 Å². The molecule has 1 radical (unpaired) electrons. The zero-order valence-corrected chi connectivity index (χ0v) is 7.30. The van der Waals surface area contributed by atoms with Crippen molar-refractivity contribution in [3.8, 4) is 0 Å². The van der Waals surface area contributed by atoms with Crippen LogP contribution < -0.4 is 5.32 Å². The van der Waals surface area contributed by atoms with Gasteiger partial charge in [-0.05, 0) is 27.7 Å². The standard InChI is InChI=1S/C7H14NO3/c1-5(9)8-6(10)11-7(2,3)4/h5H,1-4H3,(H,8,10). The van der Waals surface area contributed by atoms with Gasteiger partial charge in [0.15, 0.2) is 6.23 Å². The molecule has 0 bridgehead atoms. The second-order valence-electron chi connectivity index (χ2n) is 3.29. The van der Waals surface area contributed by atoms with Crippen molar-refractivity contribution in [3.05, 3.63) is 0 Å². The van der Waals surface area contributed by atoms with Crippen LogP contribution >= 0.6 is 0 Å². The molecule has 0 aromatic heterocycles. The highest BCUT2D eigenvalue weighted by Crippen LogP contribution is 2.06. The first kappa shape index (κ1) is 10.2. The summed E-state index contributed by atoms with van der Waals surface area (Å²) >= 11 is 0. The van der Waals surface area contributed by atoms with Crippen molar-refractivity contribution in [2.45, 2.75) is 39.5 Å². The smallest absolute Gasteiger partial charge is 0.409 e. The lowest BCUT2D eigenvalue weighted by molar-refractivity contribution is 0.0239. The van der Waals surface area contributed by atoms with Crippen LogP contribution in [0, 0.1) is 0 Å². The van der Waals surface area contributed by atoms with Crippen molar-refractivity contribution in [1.29, 1.82) is 0 Å². The summed E-state index contributed by atoms with van der Waals surface area (Å²) in [7, 11) is 0. The molecule has 0 heterocycles. The van der Waals surface area contributed by atoms with E-state index in [0.29, 0.717) is 0 Å². The van der Waals surface area contributed by atoms with Gasteiger partial charge in [0.05, 0.1) is 0 Å². The van der Waals surface area contributed by atoms with E-state index in [2.05, 4.69) is 5.32 Å². The molecule has 4 nitrogen and oxygen atoms in total. The summed E-state index contributed by atoms with van der Waals surface area (Å²) in [5, 5.41) is 12.5. The Morgan fingerprint density at radius 1 is 1.45 bits per heavy atom. The Kier molecular flexibility index (Phi) is 3.32. The topological polar surface area (TPSA) is 58.2 Å². The minimum atomic E-state index is -1.12. The van der Waals surface area contributed by atoms with E-state index in [1.807, 2.05) is 0 Å². The average molecular weight is 160 g/mol. The van der Waals surface area contributed by atoms with Gasteiger partial charge in [-0.15, -0.1) is 0 Å². The molecule has 0 aromatic carbocycles. The van der Waals surface area contributed by atoms with Crippen LogP contribution in [-0.2, 0) is 9.84 Å². The maximum atomic E-state index is 10.7. The lowest BCUT2D eigenvalue weighted by Gasteiger charge is -2.19. The molecule has 1 amide bonds. The average Bonchev–Trinajstić information content (AvgIpc) is 1.53. The van der Waals surface area contributed by atoms with Crippen molar-refractivity contribution < 1.29 is 14.6 Å². The van der Waals surface area contributed by atoms with Gasteiger partial charge in [0.2, 0.25) is 0 Å². The summed E-state index contributed by atoms with van der Waals surface area (Å²) in [6.45, 7) is 6.55. The number of ether oxygens (including phenoxy) is 1. The van der Waals surface area contributed by atoms with E-state index in [1.54, 1.807) is 20.8 Å². The van der Waals surface area contributed by atoms with E-state index >= 15 is 0 Å². The first-order valence-electron chi connectivity index (χ1n) is 3.46. The van der Waals surface area contributed by atoms with Gasteiger partial charge in [0.1, 0.15) is 5.60 Å². The van der Waals surface area contributed by atoms with Gasteiger partial charge in [0, 0.05) is 0 Å². The summed E-state index contributed by atoms with van der Waals surface area (Å²) in [5.41, 5.74) is -0.543. The first-order chi connectivity index (χ1) is 4.81. The fourth-order valence-electron chi connectivity index (χ4n) is 0.474. The predicted octanol–water partition coefficient (Wildman–Crippen LogP) is 1.29. The van der Waals surface area contributed by atoms with Crippen LogP contribution in [0.25, 0.3) is 0 Å². The third-order valence-electron chi connectivity index (χ3n) is 0.720. The minimum absolute atomic E-state index is 0.543. The number of alkyl carbamates (subject to hydrolysis) is 1. The van der Waals surface area contributed by atoms with Gasteiger partial charge in [0.25, 0.3) is 0 Å². The zero-order chi connectivity index (χ0) is 9.07. The quantitative estimate of drug-likeness (QED) is 0.587. The van der Waals surface area contributed by atoms with E-state index in [1.165, 1.54) is 6.92 Å². The molecule has 1 atom stereocenters. The van der Waals surface area contributed by atoms with E-state index in [9.17, 15) is 9.90 Å². The normalized spacial score (nSPS) is 13.9. The monoisotopic (exact) mass is 160 g/mol. The second-order valence-corrected chi connectivity index (χ2v) is 3.29. The lowest BCUT2D eigenvalue weighted by atomic mass is 10.2. The first-order valence-corrected chi connectivity index (χ1v) is 3.46. The van der Waals surface area contributed by atoms with Gasteiger partial charge in [-0.3, -0.25) is 5.32 Å². The molecule has 4 heteroatoms. The van der Waals surface area contributed by atoms with E-state index in [4.69, 9.17) is 4.74 Å². The van der Waals surface area contributed by atoms with E-state index in [-0.39, 0.29) is 0 Å². The molecule has 11 heavy (non-hydrogen) atoms. The lowest BCUT2D eigenvalue weighted by Crippen LogP contribution is -2.36. The highest BCUT2D eigenvalue weighted by Gasteiger charge is 2.16. The van der Waals surface area contributed by atoms with Crippen LogP contribution in [0.4, 0.5) is 4.79 Å². The number of hydrogen-bond donors (Lipinski definition) is 1. The van der Waals surface area contributed by atoms with E-state index < -0.39 is 17.9 Å². The molecule has 0 aliphatic carbocycles. The zero-order valence-electron chi connectivity index (χ0n) is 7.30. The SMILES string of the molecule is CC([O])NC(=O)OC(C)(C)C. The number of amides is 1. The summed E-state index contributed by atoms with van der Waals surface area (Å²) in [6.07, 6.45) is -1.79. The van der Waals surface area contributed by atoms with Gasteiger partial charge in [-0.25, -0.2) is 9.90 Å². The number of carbonyl (C=O) groups is 1. The number of hydrogen-bond acceptors (Lipinski definition) is 2. The Balaban J connectivity index is 3.71. The maximum absolute atomic E-state index is 10.7. The molecular weight excluding hydrogens is 146 g/mol. The summed E-state index contributed by atoms with van der Waals surface area (Å²) in [4.78, 5) is 10.7. The molecule has 1 unspecified atom stereocenters. The van der Waals surface area contributed by atoms with Crippen molar-refractivity contribution in [2.24, 2.45) is 0 Å². The van der Waals surface area contributed by atoms with Crippen molar-refractivity contribution in [1.82, 2.24) is 5.32 Å². The summed E-state index contributed by atoms with van der Waals surface area (Å²) in [5.74, 6) is 0. The summed E-state index contributed by atoms with van der Waals surface area (Å²) < 4.78 is 4.80. The molecule has 0 saturated heterocycles. The molecule has 0 aromatic rings. The van der Waals surface area contributed by atoms with Crippen LogP contribution in [0.3, 0.4) is 0 Å². The number of rotatable bonds is 1. The number of carbonyl (C=O) groups excluding carboxylic acids is 1. The molecule has 1 N–H and O–H groups in total. The van der Waals surface area contributed by atoms with Gasteiger partial charge < -0.3 is 4.74 Å². The third-order valence-corrected chi connectivity index (χ3v) is 0.720.